The number of rotatable bonds is 9. The van der Waals surface area contributed by atoms with Crippen molar-refractivity contribution in [1.29, 1.82) is 0 Å². The fourth-order valence-electron chi connectivity index (χ4n) is 7.58. The van der Waals surface area contributed by atoms with Gasteiger partial charge in [-0.15, -0.1) is 0 Å². The second-order valence-corrected chi connectivity index (χ2v) is 13.6. The summed E-state index contributed by atoms with van der Waals surface area (Å²) in [6.45, 7) is 2.02. The molecule has 3 aliphatic rings. The molecule has 1 spiro atoms. The number of halogens is 1. The van der Waals surface area contributed by atoms with Crippen LogP contribution >= 0.6 is 11.6 Å². The van der Waals surface area contributed by atoms with Gasteiger partial charge in [0.25, 0.3) is 5.56 Å². The molecule has 3 heterocycles. The van der Waals surface area contributed by atoms with E-state index in [1.807, 2.05) is 24.3 Å². The van der Waals surface area contributed by atoms with Crippen LogP contribution in [0.5, 0.6) is 34.5 Å². The molecule has 2 aliphatic heterocycles. The van der Waals surface area contributed by atoms with Crippen LogP contribution in [0.2, 0.25) is 5.02 Å². The fraction of sp³-hybridized carbons (Fsp3) is 0.333. The Morgan fingerprint density at radius 2 is 1.55 bits per heavy atom. The number of anilines is 1. The van der Waals surface area contributed by atoms with Gasteiger partial charge in [0.15, 0.2) is 17.2 Å². The molecule has 0 unspecified atom stereocenters. The number of benzene rings is 3. The van der Waals surface area contributed by atoms with E-state index in [2.05, 4.69) is 5.32 Å². The highest BCUT2D eigenvalue weighted by Gasteiger charge is 2.63. The molecule has 0 saturated carbocycles. The number of carbonyl (C=O) groups excluding carboxylic acids is 2. The predicted molar refractivity (Wildman–Crippen MR) is 196 cm³/mol. The summed E-state index contributed by atoms with van der Waals surface area (Å²) in [4.78, 5) is 57.2. The van der Waals surface area contributed by atoms with E-state index in [0.29, 0.717) is 29.2 Å². The quantitative estimate of drug-likeness (QED) is 0.236. The van der Waals surface area contributed by atoms with Gasteiger partial charge in [-0.05, 0) is 41.8 Å². The summed E-state index contributed by atoms with van der Waals surface area (Å²) in [5.74, 6) is -0.920. The number of fused-ring (bicyclic) bond motifs is 2. The van der Waals surface area contributed by atoms with Gasteiger partial charge >= 0.3 is 5.69 Å². The molecule has 0 amide bonds. The highest BCUT2D eigenvalue weighted by atomic mass is 35.5. The molecule has 14 heteroatoms. The van der Waals surface area contributed by atoms with Crippen LogP contribution in [0, 0.1) is 5.92 Å². The van der Waals surface area contributed by atoms with E-state index in [0.717, 1.165) is 15.9 Å². The monoisotopic (exact) mass is 743 g/mol. The molecular formula is C39H38ClN3O10. The van der Waals surface area contributed by atoms with Crippen LogP contribution in [-0.4, -0.2) is 61.3 Å². The Bertz CT molecular complexity index is 2350. The van der Waals surface area contributed by atoms with Crippen molar-refractivity contribution in [2.75, 3.05) is 40.4 Å². The van der Waals surface area contributed by atoms with Gasteiger partial charge in [-0.3, -0.25) is 23.5 Å². The molecule has 53 heavy (non-hydrogen) atoms. The summed E-state index contributed by atoms with van der Waals surface area (Å²) in [6, 6.07) is 14.3. The van der Waals surface area contributed by atoms with Crippen LogP contribution in [0.4, 0.5) is 5.82 Å². The van der Waals surface area contributed by atoms with Crippen molar-refractivity contribution in [3.05, 3.63) is 108 Å². The molecule has 0 saturated heterocycles. The number of allylic oxidation sites excluding steroid dienone is 1. The van der Waals surface area contributed by atoms with E-state index in [1.54, 1.807) is 39.3 Å². The fourth-order valence-corrected chi connectivity index (χ4v) is 7.84. The van der Waals surface area contributed by atoms with E-state index < -0.39 is 40.3 Å². The third-order valence-corrected chi connectivity index (χ3v) is 10.8. The molecule has 276 valence electrons. The second kappa shape index (κ2) is 13.4. The predicted octanol–water partition coefficient (Wildman–Crippen LogP) is 4.83. The molecule has 4 aromatic rings. The average molecular weight is 744 g/mol. The molecule has 7 rings (SSSR count). The van der Waals surface area contributed by atoms with Gasteiger partial charge in [0.05, 0.1) is 40.6 Å². The first kappa shape index (κ1) is 35.7. The normalized spacial score (nSPS) is 19.9. The van der Waals surface area contributed by atoms with Crippen molar-refractivity contribution in [3.63, 3.8) is 0 Å². The third kappa shape index (κ3) is 5.35. The molecule has 13 nitrogen and oxygen atoms in total. The van der Waals surface area contributed by atoms with E-state index in [1.165, 1.54) is 39.0 Å². The maximum Gasteiger partial charge on any atom is 0.332 e. The second-order valence-electron chi connectivity index (χ2n) is 13.2. The largest absolute Gasteiger partial charge is 0.497 e. The third-order valence-electron chi connectivity index (χ3n) is 10.4. The summed E-state index contributed by atoms with van der Waals surface area (Å²) in [5, 5.41) is 3.26. The van der Waals surface area contributed by atoms with Crippen LogP contribution in [0.3, 0.4) is 0 Å². The van der Waals surface area contributed by atoms with Crippen LogP contribution in [0.1, 0.15) is 46.3 Å². The van der Waals surface area contributed by atoms with Crippen LogP contribution in [0.15, 0.2) is 69.4 Å². The summed E-state index contributed by atoms with van der Waals surface area (Å²) < 4.78 is 36.9. The number of hydrogen-bond donors (Lipinski definition) is 1. The number of ether oxygens (including phenoxy) is 6. The van der Waals surface area contributed by atoms with Gasteiger partial charge in [0.2, 0.25) is 17.2 Å². The molecular weight excluding hydrogens is 706 g/mol. The lowest BCUT2D eigenvalue weighted by Gasteiger charge is -2.42. The zero-order valence-electron chi connectivity index (χ0n) is 30.2. The highest BCUT2D eigenvalue weighted by molar-refractivity contribution is 6.36. The Kier molecular flexibility index (Phi) is 9.01. The summed E-state index contributed by atoms with van der Waals surface area (Å²) in [7, 11) is 8.86. The van der Waals surface area contributed by atoms with E-state index >= 15 is 4.79 Å². The molecule has 3 atom stereocenters. The van der Waals surface area contributed by atoms with E-state index in [9.17, 15) is 14.4 Å². The Morgan fingerprint density at radius 3 is 2.21 bits per heavy atom. The maximum atomic E-state index is 15.3. The van der Waals surface area contributed by atoms with Crippen molar-refractivity contribution < 1.29 is 38.0 Å². The molecule has 1 N–H and O–H groups in total. The van der Waals surface area contributed by atoms with Gasteiger partial charge in [-0.1, -0.05) is 36.7 Å². The SMILES string of the molecule is COc1ccc(CCOc2cc([C@H]3C4=C(C[C@@H](C)[C@]5(Oc6c(Cl)c(OC)cc(OC)c6C5=O)C4=O)Nc4c3c(=O)n(C)c(=O)n4C)ccc2OC)cc1. The first-order chi connectivity index (χ1) is 25.4. The van der Waals surface area contributed by atoms with Crippen LogP contribution < -0.4 is 45.0 Å². The highest BCUT2D eigenvalue weighted by Crippen LogP contribution is 2.56. The number of Topliss-reactive ketones (excluding diaryl/α,β-unsaturated/α-hetero) is 2. The minimum atomic E-state index is -2.04. The van der Waals surface area contributed by atoms with Crippen molar-refractivity contribution in [2.45, 2.75) is 31.3 Å². The Morgan fingerprint density at radius 1 is 0.849 bits per heavy atom. The van der Waals surface area contributed by atoms with Gasteiger partial charge < -0.3 is 33.7 Å². The summed E-state index contributed by atoms with van der Waals surface area (Å²) in [6.07, 6.45) is 0.722. The lowest BCUT2D eigenvalue weighted by atomic mass is 9.66. The van der Waals surface area contributed by atoms with Crippen molar-refractivity contribution in [3.8, 4) is 34.5 Å². The Labute approximate surface area is 309 Å². The number of ketones is 2. The lowest BCUT2D eigenvalue weighted by molar-refractivity contribution is -0.130. The zero-order valence-corrected chi connectivity index (χ0v) is 31.0. The molecule has 3 aromatic carbocycles. The molecule has 1 aromatic heterocycles. The van der Waals surface area contributed by atoms with Crippen molar-refractivity contribution in [1.82, 2.24) is 9.13 Å². The van der Waals surface area contributed by atoms with Gasteiger partial charge in [-0.2, -0.15) is 0 Å². The smallest absolute Gasteiger partial charge is 0.332 e. The lowest BCUT2D eigenvalue weighted by Crippen LogP contribution is -2.58. The number of nitrogens with zero attached hydrogens (tertiary/aromatic N) is 2. The molecule has 0 radical (unpaired) electrons. The number of nitrogens with one attached hydrogen (secondary N) is 1. The Hall–Kier alpha value is -5.69. The minimum absolute atomic E-state index is 0.0202. The van der Waals surface area contributed by atoms with Crippen molar-refractivity contribution >= 4 is 29.0 Å². The van der Waals surface area contributed by atoms with E-state index in [4.69, 9.17) is 40.0 Å². The maximum absolute atomic E-state index is 15.3. The number of hydrogen-bond acceptors (Lipinski definition) is 11. The van der Waals surface area contributed by atoms with E-state index in [-0.39, 0.29) is 57.8 Å². The zero-order chi connectivity index (χ0) is 37.9. The summed E-state index contributed by atoms with van der Waals surface area (Å²) >= 11 is 6.68. The van der Waals surface area contributed by atoms with Crippen LogP contribution in [0.25, 0.3) is 0 Å². The van der Waals surface area contributed by atoms with Gasteiger partial charge in [0.1, 0.15) is 33.7 Å². The first-order valence-corrected chi connectivity index (χ1v) is 17.3. The number of methoxy groups -OCH3 is 4. The average Bonchev–Trinajstić information content (AvgIpc) is 3.49. The van der Waals surface area contributed by atoms with Crippen molar-refractivity contribution in [2.24, 2.45) is 20.0 Å². The topological polar surface area (TPSA) is 146 Å². The molecule has 0 bridgehead atoms. The Balaban J connectivity index is 1.37. The minimum Gasteiger partial charge on any atom is -0.497 e. The molecule has 1 aliphatic carbocycles. The number of carbonyl (C=O) groups is 2. The summed E-state index contributed by atoms with van der Waals surface area (Å²) in [5.41, 5.74) is -0.919. The first-order valence-electron chi connectivity index (χ1n) is 16.9. The standard InChI is InChI=1S/C39H38ClN3O10/c1-19-16-23-29(34(44)39(19)35(45)30-26(50-6)18-27(51-7)32(40)33(30)53-39)28(31-36(41-23)42(2)38(47)43(3)37(31)46)21-10-13-24(49-5)25(17-21)52-15-14-20-8-11-22(48-4)12-9-20/h8-13,17-19,28,41H,14-16H2,1-7H3/t19-,28+,39+/m1/s1. The number of aromatic nitrogens is 2. The van der Waals surface area contributed by atoms with Gasteiger partial charge in [-0.25, -0.2) is 4.79 Å². The molecule has 0 fully saturated rings. The van der Waals surface area contributed by atoms with Crippen LogP contribution in [-0.2, 0) is 25.3 Å². The van der Waals surface area contributed by atoms with Gasteiger partial charge in [0, 0.05) is 49.7 Å².